The second-order valence-corrected chi connectivity index (χ2v) is 3.18. The second kappa shape index (κ2) is 3.58. The van der Waals surface area contributed by atoms with Crippen LogP contribution in [0.4, 0.5) is 11.4 Å². The number of benzene rings is 2. The number of phenolic OH excluding ortho intramolecular Hbond substituents is 2. The molecule has 2 aromatic rings. The molecule has 2 N–H and O–H groups in total. The SMILES string of the molecule is O=Nc1cc2cc(O)ccc2c(N=O)c1O. The smallest absolute Gasteiger partial charge is 0.175 e. The summed E-state index contributed by atoms with van der Waals surface area (Å²) in [5.41, 5.74) is -0.542. The molecule has 0 saturated carbocycles. The molecule has 0 aromatic heterocycles. The first-order chi connectivity index (χ1) is 7.67. The summed E-state index contributed by atoms with van der Waals surface area (Å²) in [6.07, 6.45) is 0. The highest BCUT2D eigenvalue weighted by Crippen LogP contribution is 2.43. The van der Waals surface area contributed by atoms with Gasteiger partial charge in [-0.05, 0) is 40.0 Å². The van der Waals surface area contributed by atoms with Crippen LogP contribution >= 0.6 is 0 Å². The summed E-state index contributed by atoms with van der Waals surface area (Å²) in [4.78, 5) is 21.0. The number of fused-ring (bicyclic) bond motifs is 1. The van der Waals surface area contributed by atoms with Gasteiger partial charge in [-0.15, -0.1) is 9.81 Å². The van der Waals surface area contributed by atoms with E-state index in [-0.39, 0.29) is 17.1 Å². The summed E-state index contributed by atoms with van der Waals surface area (Å²) >= 11 is 0. The van der Waals surface area contributed by atoms with Crippen molar-refractivity contribution in [2.75, 3.05) is 0 Å². The van der Waals surface area contributed by atoms with Gasteiger partial charge < -0.3 is 10.2 Å². The molecule has 0 saturated heterocycles. The van der Waals surface area contributed by atoms with Crippen molar-refractivity contribution in [2.45, 2.75) is 0 Å². The zero-order valence-corrected chi connectivity index (χ0v) is 7.91. The highest BCUT2D eigenvalue weighted by atomic mass is 16.3. The standard InChI is InChI=1S/C10H6N2O4/c13-6-1-2-7-5(3-6)4-8(11-15)10(14)9(7)12-16/h1-4,13-14H. The fraction of sp³-hybridized carbons (Fsp3) is 0. The lowest BCUT2D eigenvalue weighted by atomic mass is 10.1. The fourth-order valence-electron chi connectivity index (χ4n) is 1.51. The van der Waals surface area contributed by atoms with Gasteiger partial charge in [-0.1, -0.05) is 0 Å². The Balaban J connectivity index is 2.94. The first-order valence-electron chi connectivity index (χ1n) is 4.32. The average molecular weight is 218 g/mol. The van der Waals surface area contributed by atoms with Crippen molar-refractivity contribution >= 4 is 22.1 Å². The summed E-state index contributed by atoms with van der Waals surface area (Å²) in [7, 11) is 0. The third-order valence-electron chi connectivity index (χ3n) is 2.24. The molecule has 0 spiro atoms. The molecule has 6 nitrogen and oxygen atoms in total. The number of hydrogen-bond donors (Lipinski definition) is 2. The van der Waals surface area contributed by atoms with E-state index in [0.29, 0.717) is 10.8 Å². The van der Waals surface area contributed by atoms with E-state index in [9.17, 15) is 20.0 Å². The molecule has 80 valence electrons. The lowest BCUT2D eigenvalue weighted by molar-refractivity contribution is 0.475. The number of aromatic hydroxyl groups is 2. The highest BCUT2D eigenvalue weighted by molar-refractivity contribution is 5.99. The van der Waals surface area contributed by atoms with Crippen LogP contribution in [0.5, 0.6) is 11.5 Å². The molecule has 0 aliphatic rings. The maximum atomic E-state index is 10.6. The zero-order chi connectivity index (χ0) is 11.7. The molecule has 0 radical (unpaired) electrons. The van der Waals surface area contributed by atoms with Crippen LogP contribution in [0, 0.1) is 9.81 Å². The number of rotatable bonds is 2. The van der Waals surface area contributed by atoms with Crippen molar-refractivity contribution in [2.24, 2.45) is 10.4 Å². The van der Waals surface area contributed by atoms with E-state index in [4.69, 9.17) is 0 Å². The molecule has 0 amide bonds. The summed E-state index contributed by atoms with van der Waals surface area (Å²) < 4.78 is 0. The van der Waals surface area contributed by atoms with Gasteiger partial charge in [0.1, 0.15) is 5.75 Å². The van der Waals surface area contributed by atoms with Crippen LogP contribution in [0.3, 0.4) is 0 Å². The van der Waals surface area contributed by atoms with Gasteiger partial charge >= 0.3 is 0 Å². The van der Waals surface area contributed by atoms with Gasteiger partial charge in [0, 0.05) is 5.39 Å². The molecule has 0 atom stereocenters. The van der Waals surface area contributed by atoms with E-state index >= 15 is 0 Å². The Bertz CT molecular complexity index is 595. The van der Waals surface area contributed by atoms with Gasteiger partial charge in [0.25, 0.3) is 0 Å². The lowest BCUT2D eigenvalue weighted by Gasteiger charge is -2.04. The van der Waals surface area contributed by atoms with Crippen LogP contribution < -0.4 is 0 Å². The maximum absolute atomic E-state index is 10.6. The van der Waals surface area contributed by atoms with Crippen molar-refractivity contribution in [1.29, 1.82) is 0 Å². The van der Waals surface area contributed by atoms with Crippen molar-refractivity contribution in [3.05, 3.63) is 34.1 Å². The third-order valence-corrected chi connectivity index (χ3v) is 2.24. The van der Waals surface area contributed by atoms with Crippen LogP contribution in [0.25, 0.3) is 10.8 Å². The molecule has 2 rings (SSSR count). The predicted molar refractivity (Wildman–Crippen MR) is 58.2 cm³/mol. The second-order valence-electron chi connectivity index (χ2n) is 3.18. The van der Waals surface area contributed by atoms with Crippen molar-refractivity contribution in [3.8, 4) is 11.5 Å². The van der Waals surface area contributed by atoms with Gasteiger partial charge in [-0.2, -0.15) is 0 Å². The molecule has 16 heavy (non-hydrogen) atoms. The first-order valence-corrected chi connectivity index (χ1v) is 4.32. The Hall–Kier alpha value is -2.50. The van der Waals surface area contributed by atoms with E-state index in [1.807, 2.05) is 0 Å². The van der Waals surface area contributed by atoms with E-state index in [0.717, 1.165) is 0 Å². The topological polar surface area (TPSA) is 99.3 Å². The van der Waals surface area contributed by atoms with E-state index < -0.39 is 5.75 Å². The molecule has 6 heteroatoms. The van der Waals surface area contributed by atoms with Crippen LogP contribution in [0.2, 0.25) is 0 Å². The molecule has 0 bridgehead atoms. The summed E-state index contributed by atoms with van der Waals surface area (Å²) in [5.74, 6) is -0.574. The Labute approximate surface area is 89.1 Å². The number of hydrogen-bond acceptors (Lipinski definition) is 6. The molecule has 2 aromatic carbocycles. The lowest BCUT2D eigenvalue weighted by Crippen LogP contribution is -1.77. The van der Waals surface area contributed by atoms with E-state index in [1.165, 1.54) is 24.3 Å². The third kappa shape index (κ3) is 1.36. The molecule has 0 aliphatic carbocycles. The largest absolute Gasteiger partial charge is 0.508 e. The Kier molecular flexibility index (Phi) is 2.24. The van der Waals surface area contributed by atoms with Gasteiger partial charge in [0.05, 0.1) is 0 Å². The zero-order valence-electron chi connectivity index (χ0n) is 7.91. The summed E-state index contributed by atoms with van der Waals surface area (Å²) in [6, 6.07) is 5.39. The van der Waals surface area contributed by atoms with Crippen molar-refractivity contribution in [3.63, 3.8) is 0 Å². The summed E-state index contributed by atoms with van der Waals surface area (Å²) in [5, 5.41) is 24.7. The normalized spacial score (nSPS) is 10.2. The summed E-state index contributed by atoms with van der Waals surface area (Å²) in [6.45, 7) is 0. The minimum atomic E-state index is -0.553. The van der Waals surface area contributed by atoms with E-state index in [2.05, 4.69) is 10.4 Å². The minimum absolute atomic E-state index is 0.0214. The maximum Gasteiger partial charge on any atom is 0.175 e. The fourth-order valence-corrected chi connectivity index (χ4v) is 1.51. The number of phenols is 2. The van der Waals surface area contributed by atoms with Crippen LogP contribution in [0.15, 0.2) is 34.6 Å². The molecule has 0 unspecified atom stereocenters. The molecule has 0 heterocycles. The van der Waals surface area contributed by atoms with Crippen LogP contribution in [-0.2, 0) is 0 Å². The Morgan fingerprint density at radius 1 is 1.00 bits per heavy atom. The molecule has 0 fully saturated rings. The van der Waals surface area contributed by atoms with Crippen LogP contribution in [-0.4, -0.2) is 10.2 Å². The van der Waals surface area contributed by atoms with Crippen LogP contribution in [0.1, 0.15) is 0 Å². The minimum Gasteiger partial charge on any atom is -0.508 e. The number of nitrogens with zero attached hydrogens (tertiary/aromatic N) is 2. The molecular formula is C10H6N2O4. The van der Waals surface area contributed by atoms with Crippen molar-refractivity contribution < 1.29 is 10.2 Å². The first kappa shape index (κ1) is 10.0. The van der Waals surface area contributed by atoms with Gasteiger partial charge in [-0.25, -0.2) is 0 Å². The predicted octanol–water partition coefficient (Wildman–Crippen LogP) is 3.05. The van der Waals surface area contributed by atoms with Gasteiger partial charge in [-0.3, -0.25) is 0 Å². The Morgan fingerprint density at radius 2 is 1.75 bits per heavy atom. The van der Waals surface area contributed by atoms with Gasteiger partial charge in [0.15, 0.2) is 17.1 Å². The molecule has 0 aliphatic heterocycles. The molecular weight excluding hydrogens is 212 g/mol. The van der Waals surface area contributed by atoms with Gasteiger partial charge in [0.2, 0.25) is 0 Å². The Morgan fingerprint density at radius 3 is 2.38 bits per heavy atom. The van der Waals surface area contributed by atoms with E-state index in [1.54, 1.807) is 0 Å². The highest BCUT2D eigenvalue weighted by Gasteiger charge is 2.14. The number of nitroso groups, excluding NO2 is 2. The average Bonchev–Trinajstić information content (AvgIpc) is 2.28. The monoisotopic (exact) mass is 218 g/mol. The van der Waals surface area contributed by atoms with Crippen molar-refractivity contribution in [1.82, 2.24) is 0 Å². The quantitative estimate of drug-likeness (QED) is 0.756.